The van der Waals surface area contributed by atoms with Crippen molar-refractivity contribution in [2.45, 2.75) is 32.6 Å². The number of aldehydes is 1. The number of benzene rings is 2. The van der Waals surface area contributed by atoms with Crippen molar-refractivity contribution >= 4 is 18.0 Å². The molecule has 0 amide bonds. The molecule has 2 rings (SSSR count). The second kappa shape index (κ2) is 17.6. The predicted molar refractivity (Wildman–Crippen MR) is 115 cm³/mol. The molecule has 1 N–H and O–H groups in total. The fraction of sp³-hybridized carbons (Fsp3) is 0.409. The maximum absolute atomic E-state index is 10.4. The molecule has 2 aromatic carbocycles. The molecule has 0 aromatic heterocycles. The van der Waals surface area contributed by atoms with Gasteiger partial charge in [-0.2, -0.15) is 0 Å². The lowest BCUT2D eigenvalue weighted by atomic mass is 10.1. The normalized spacial score (nSPS) is 9.37. The van der Waals surface area contributed by atoms with E-state index in [1.54, 1.807) is 6.92 Å². The van der Waals surface area contributed by atoms with Crippen LogP contribution in [-0.2, 0) is 9.53 Å². The van der Waals surface area contributed by atoms with Crippen molar-refractivity contribution in [3.8, 4) is 16.9 Å². The van der Waals surface area contributed by atoms with Gasteiger partial charge in [0, 0.05) is 18.1 Å². The number of hydrogen-bond donors (Lipinski definition) is 1. The summed E-state index contributed by atoms with van der Waals surface area (Å²) in [6.07, 6.45) is 0.919. The molecule has 0 fully saturated rings. The molecule has 0 radical (unpaired) electrons. The number of carbonyl (C=O) groups is 1. The van der Waals surface area contributed by atoms with Crippen LogP contribution in [0.3, 0.4) is 0 Å². The SMILES string of the molecule is CC.CCO.CCOCCOc1ccc(-c2ccc(SCC=O)cc2)cc1. The minimum absolute atomic E-state index is 0.250. The van der Waals surface area contributed by atoms with E-state index in [1.165, 1.54) is 11.8 Å². The molecule has 0 aliphatic rings. The highest BCUT2D eigenvalue weighted by Gasteiger charge is 2.00. The number of rotatable bonds is 9. The van der Waals surface area contributed by atoms with Gasteiger partial charge in [-0.1, -0.05) is 38.1 Å². The van der Waals surface area contributed by atoms with Crippen LogP contribution in [0.4, 0.5) is 0 Å². The zero-order valence-electron chi connectivity index (χ0n) is 16.8. The topological polar surface area (TPSA) is 55.8 Å². The first-order valence-electron chi connectivity index (χ1n) is 9.33. The summed E-state index contributed by atoms with van der Waals surface area (Å²) in [5.41, 5.74) is 2.29. The Labute approximate surface area is 167 Å². The van der Waals surface area contributed by atoms with Gasteiger partial charge in [0.15, 0.2) is 0 Å². The van der Waals surface area contributed by atoms with Crippen molar-refractivity contribution in [2.24, 2.45) is 0 Å². The Morgan fingerprint density at radius 1 is 0.926 bits per heavy atom. The smallest absolute Gasteiger partial charge is 0.130 e. The summed E-state index contributed by atoms with van der Waals surface area (Å²) in [6.45, 7) is 9.79. The van der Waals surface area contributed by atoms with Crippen LogP contribution in [0.2, 0.25) is 0 Å². The lowest BCUT2D eigenvalue weighted by Gasteiger charge is -2.08. The molecule has 0 bridgehead atoms. The Balaban J connectivity index is 0.00000123. The minimum atomic E-state index is 0.250. The average molecular weight is 393 g/mol. The highest BCUT2D eigenvalue weighted by molar-refractivity contribution is 7.99. The van der Waals surface area contributed by atoms with Crippen LogP contribution in [0.15, 0.2) is 53.4 Å². The van der Waals surface area contributed by atoms with Crippen LogP contribution < -0.4 is 4.74 Å². The van der Waals surface area contributed by atoms with Crippen molar-refractivity contribution in [1.29, 1.82) is 0 Å². The Hall–Kier alpha value is -1.82. The van der Waals surface area contributed by atoms with Gasteiger partial charge in [-0.3, -0.25) is 0 Å². The molecule has 0 aliphatic carbocycles. The predicted octanol–water partition coefficient (Wildman–Crippen LogP) is 5.08. The summed E-state index contributed by atoms with van der Waals surface area (Å²) in [6, 6.07) is 16.2. The van der Waals surface area contributed by atoms with Gasteiger partial charge in [0.1, 0.15) is 18.6 Å². The van der Waals surface area contributed by atoms with Crippen LogP contribution in [0.25, 0.3) is 11.1 Å². The van der Waals surface area contributed by atoms with Gasteiger partial charge in [-0.15, -0.1) is 11.8 Å². The maximum Gasteiger partial charge on any atom is 0.130 e. The minimum Gasteiger partial charge on any atom is -0.491 e. The molecule has 27 heavy (non-hydrogen) atoms. The van der Waals surface area contributed by atoms with Gasteiger partial charge >= 0.3 is 0 Å². The van der Waals surface area contributed by atoms with E-state index < -0.39 is 0 Å². The summed E-state index contributed by atoms with van der Waals surface area (Å²) >= 11 is 1.54. The zero-order chi connectivity index (χ0) is 20.3. The zero-order valence-corrected chi connectivity index (χ0v) is 17.6. The molecular weight excluding hydrogens is 360 g/mol. The van der Waals surface area contributed by atoms with E-state index >= 15 is 0 Å². The first kappa shape index (κ1) is 25.2. The van der Waals surface area contributed by atoms with Crippen LogP contribution in [0, 0.1) is 0 Å². The van der Waals surface area contributed by atoms with Gasteiger partial charge in [0.2, 0.25) is 0 Å². The molecule has 0 unspecified atom stereocenters. The Kier molecular flexibility index (Phi) is 16.4. The number of thioether (sulfide) groups is 1. The summed E-state index contributed by atoms with van der Waals surface area (Å²) < 4.78 is 10.8. The number of aliphatic hydroxyl groups excluding tert-OH is 1. The second-order valence-corrected chi connectivity index (χ2v) is 5.98. The van der Waals surface area contributed by atoms with E-state index in [4.69, 9.17) is 14.6 Å². The lowest BCUT2D eigenvalue weighted by molar-refractivity contribution is -0.105. The number of aliphatic hydroxyl groups is 1. The quantitative estimate of drug-likeness (QED) is 0.366. The third-order valence-corrected chi connectivity index (χ3v) is 3.97. The molecule has 5 heteroatoms. The van der Waals surface area contributed by atoms with Crippen molar-refractivity contribution < 1.29 is 19.4 Å². The first-order chi connectivity index (χ1) is 13.2. The van der Waals surface area contributed by atoms with Crippen molar-refractivity contribution in [1.82, 2.24) is 0 Å². The van der Waals surface area contributed by atoms with Gasteiger partial charge in [0.05, 0.1) is 12.4 Å². The molecule has 0 spiro atoms. The summed E-state index contributed by atoms with van der Waals surface area (Å²) in [5.74, 6) is 1.34. The monoisotopic (exact) mass is 392 g/mol. The summed E-state index contributed by atoms with van der Waals surface area (Å²) in [5, 5.41) is 7.57. The number of ether oxygens (including phenoxy) is 2. The standard InChI is InChI=1S/C18H20O3S.C2H6O.C2H6/c1-2-20-12-13-21-17-7-3-15(4-8-17)16-5-9-18(10-6-16)22-14-11-19;1-2-3;1-2/h3-11H,2,12-14H2,1H3;3H,2H2,1H3;1-2H3. The second-order valence-electron chi connectivity index (χ2n) is 4.89. The number of hydrogen-bond acceptors (Lipinski definition) is 5. The highest BCUT2D eigenvalue weighted by atomic mass is 32.2. The van der Waals surface area contributed by atoms with Crippen LogP contribution in [-0.4, -0.2) is 43.6 Å². The third-order valence-electron chi connectivity index (χ3n) is 3.06. The maximum atomic E-state index is 10.4. The van der Waals surface area contributed by atoms with Gasteiger partial charge in [-0.05, 0) is 49.2 Å². The average Bonchev–Trinajstić information content (AvgIpc) is 2.73. The summed E-state index contributed by atoms with van der Waals surface area (Å²) in [7, 11) is 0. The Morgan fingerprint density at radius 2 is 1.44 bits per heavy atom. The van der Waals surface area contributed by atoms with Gasteiger partial charge in [0.25, 0.3) is 0 Å². The lowest BCUT2D eigenvalue weighted by Crippen LogP contribution is -2.06. The van der Waals surface area contributed by atoms with E-state index in [2.05, 4.69) is 12.1 Å². The molecular formula is C22H32O4S. The molecule has 4 nitrogen and oxygen atoms in total. The molecule has 2 aromatic rings. The van der Waals surface area contributed by atoms with Crippen molar-refractivity contribution in [3.05, 3.63) is 48.5 Å². The third kappa shape index (κ3) is 11.5. The number of carbonyl (C=O) groups excluding carboxylic acids is 1. The first-order valence-corrected chi connectivity index (χ1v) is 10.3. The fourth-order valence-corrected chi connectivity index (χ4v) is 2.57. The molecule has 0 heterocycles. The van der Waals surface area contributed by atoms with E-state index in [-0.39, 0.29) is 6.61 Å². The molecule has 150 valence electrons. The van der Waals surface area contributed by atoms with E-state index in [0.29, 0.717) is 25.6 Å². The van der Waals surface area contributed by atoms with Crippen molar-refractivity contribution in [3.63, 3.8) is 0 Å². The van der Waals surface area contributed by atoms with Gasteiger partial charge < -0.3 is 19.4 Å². The fourth-order valence-electron chi connectivity index (χ4n) is 1.98. The van der Waals surface area contributed by atoms with E-state index in [9.17, 15) is 4.79 Å². The van der Waals surface area contributed by atoms with E-state index in [1.807, 2.05) is 57.2 Å². The van der Waals surface area contributed by atoms with Crippen LogP contribution in [0.5, 0.6) is 5.75 Å². The van der Waals surface area contributed by atoms with Crippen molar-refractivity contribution in [2.75, 3.05) is 32.2 Å². The Bertz CT molecular complexity index is 582. The molecule has 0 saturated heterocycles. The molecule has 0 saturated carbocycles. The van der Waals surface area contributed by atoms with Crippen LogP contribution >= 0.6 is 11.8 Å². The molecule has 0 atom stereocenters. The molecule has 0 aliphatic heterocycles. The highest BCUT2D eigenvalue weighted by Crippen LogP contribution is 2.25. The van der Waals surface area contributed by atoms with Crippen LogP contribution in [0.1, 0.15) is 27.7 Å². The summed E-state index contributed by atoms with van der Waals surface area (Å²) in [4.78, 5) is 11.5. The Morgan fingerprint density at radius 3 is 1.93 bits per heavy atom. The largest absolute Gasteiger partial charge is 0.491 e. The van der Waals surface area contributed by atoms with Gasteiger partial charge in [-0.25, -0.2) is 0 Å². The van der Waals surface area contributed by atoms with E-state index in [0.717, 1.165) is 28.1 Å².